The minimum absolute atomic E-state index is 0.216. The van der Waals surface area contributed by atoms with Crippen LogP contribution >= 0.6 is 47.8 Å². The summed E-state index contributed by atoms with van der Waals surface area (Å²) in [6.07, 6.45) is 1.35. The van der Waals surface area contributed by atoms with E-state index in [1.807, 2.05) is 84.2 Å². The van der Waals surface area contributed by atoms with Gasteiger partial charge in [-0.05, 0) is 77.9 Å². The van der Waals surface area contributed by atoms with Crippen LogP contribution in [0.4, 0.5) is 15.3 Å². The number of rotatable bonds is 1. The van der Waals surface area contributed by atoms with Gasteiger partial charge in [0.1, 0.15) is 11.2 Å². The van der Waals surface area contributed by atoms with Crippen LogP contribution in [0.1, 0.15) is 41.5 Å². The summed E-state index contributed by atoms with van der Waals surface area (Å²) in [5.74, 6) is 0. The van der Waals surface area contributed by atoms with Gasteiger partial charge in [0.05, 0.1) is 13.1 Å². The minimum atomic E-state index is -0.432. The van der Waals surface area contributed by atoms with Crippen molar-refractivity contribution in [2.75, 3.05) is 50.7 Å². The maximum absolute atomic E-state index is 12.0. The molecule has 2 aromatic rings. The Morgan fingerprint density at radius 2 is 1.34 bits per heavy atom. The summed E-state index contributed by atoms with van der Waals surface area (Å²) in [6.45, 7) is 16.6. The molecule has 41 heavy (non-hydrogen) atoms. The lowest BCUT2D eigenvalue weighted by atomic mass is 10.2. The molecule has 1 saturated heterocycles. The van der Waals surface area contributed by atoms with Gasteiger partial charge in [-0.25, -0.2) is 4.79 Å². The Hall–Kier alpha value is -1.95. The topological polar surface area (TPSA) is 74.1 Å². The van der Waals surface area contributed by atoms with E-state index in [0.29, 0.717) is 19.6 Å². The van der Waals surface area contributed by atoms with Crippen molar-refractivity contribution in [2.24, 2.45) is 0 Å². The first kappa shape index (κ1) is 35.2. The molecule has 2 aromatic carbocycles. The van der Waals surface area contributed by atoms with Crippen molar-refractivity contribution in [1.82, 2.24) is 10.2 Å². The monoisotopic (exact) mass is 759 g/mol. The van der Waals surface area contributed by atoms with Gasteiger partial charge in [-0.1, -0.05) is 59.9 Å². The summed E-state index contributed by atoms with van der Waals surface area (Å²) in [7, 11) is 0. The first-order valence-electron chi connectivity index (χ1n) is 13.6. The molecule has 0 saturated carbocycles. The van der Waals surface area contributed by atoms with Crippen LogP contribution in [0, 0.1) is 0 Å². The Labute approximate surface area is 269 Å². The predicted octanol–water partition coefficient (Wildman–Crippen LogP) is 7.33. The van der Waals surface area contributed by atoms with Crippen molar-refractivity contribution in [2.45, 2.75) is 52.7 Å². The quantitative estimate of drug-likeness (QED) is 0.307. The lowest BCUT2D eigenvalue weighted by molar-refractivity contribution is -0.448. The third-order valence-electron chi connectivity index (χ3n) is 5.50. The summed E-state index contributed by atoms with van der Waals surface area (Å²) in [4.78, 5) is 27.5. The van der Waals surface area contributed by atoms with Gasteiger partial charge in [-0.2, -0.15) is 4.79 Å². The van der Waals surface area contributed by atoms with E-state index in [9.17, 15) is 9.59 Å². The lowest BCUT2D eigenvalue weighted by Crippen LogP contribution is -2.50. The van der Waals surface area contributed by atoms with Crippen LogP contribution in [-0.2, 0) is 9.47 Å². The highest BCUT2D eigenvalue weighted by molar-refractivity contribution is 9.11. The maximum Gasteiger partial charge on any atom is 0.596 e. The molecule has 1 N–H and O–H groups in total. The first-order valence-corrected chi connectivity index (χ1v) is 15.9. The van der Waals surface area contributed by atoms with Crippen molar-refractivity contribution in [3.63, 3.8) is 0 Å². The summed E-state index contributed by atoms with van der Waals surface area (Å²) >= 11 is 10.1. The molecule has 0 aromatic heterocycles. The highest BCUT2D eigenvalue weighted by Gasteiger charge is 2.27. The number of halogens is 3. The van der Waals surface area contributed by atoms with Gasteiger partial charge in [0.15, 0.2) is 12.8 Å². The average molecular weight is 762 g/mol. The molecule has 0 unspecified atom stereocenters. The molecule has 2 aliphatic rings. The summed E-state index contributed by atoms with van der Waals surface area (Å²) in [6, 6.07) is 16.2. The van der Waals surface area contributed by atoms with E-state index in [4.69, 9.17) is 9.47 Å². The minimum Gasteiger partial charge on any atom is -0.444 e. The summed E-state index contributed by atoms with van der Waals surface area (Å²) in [5.41, 5.74) is 0.345. The number of hydrogen-bond acceptors (Lipinski definition) is 6. The Balaban J connectivity index is 0.000000239. The molecule has 0 radical (unpaired) electrons. The lowest BCUT2D eigenvalue weighted by Gasteiger charge is -2.36. The van der Waals surface area contributed by atoms with Crippen LogP contribution in [0.3, 0.4) is 0 Å². The third-order valence-corrected chi connectivity index (χ3v) is 6.98. The first-order chi connectivity index (χ1) is 19.1. The van der Waals surface area contributed by atoms with Crippen LogP contribution in [-0.4, -0.2) is 84.9 Å². The van der Waals surface area contributed by atoms with Crippen molar-refractivity contribution in [3.8, 4) is 0 Å². The molecule has 2 aliphatic heterocycles. The van der Waals surface area contributed by atoms with E-state index in [1.54, 1.807) is 9.48 Å². The summed E-state index contributed by atoms with van der Waals surface area (Å²) in [5, 5.41) is 3.13. The predicted molar refractivity (Wildman–Crippen MR) is 176 cm³/mol. The van der Waals surface area contributed by atoms with Crippen LogP contribution in [0.5, 0.6) is 0 Å². The van der Waals surface area contributed by atoms with E-state index in [0.717, 1.165) is 39.6 Å². The number of nitrogens with zero attached hydrogens (tertiary/aromatic N) is 3. The molecule has 11 heteroatoms. The van der Waals surface area contributed by atoms with Crippen molar-refractivity contribution in [3.05, 3.63) is 61.9 Å². The van der Waals surface area contributed by atoms with E-state index in [-0.39, 0.29) is 12.2 Å². The fourth-order valence-electron chi connectivity index (χ4n) is 3.66. The third kappa shape index (κ3) is 14.7. The van der Waals surface area contributed by atoms with Crippen molar-refractivity contribution in [1.29, 1.82) is 0 Å². The molecule has 0 spiro atoms. The Kier molecular flexibility index (Phi) is 14.3. The Morgan fingerprint density at radius 1 is 0.805 bits per heavy atom. The van der Waals surface area contributed by atoms with E-state index in [2.05, 4.69) is 70.1 Å². The van der Waals surface area contributed by atoms with E-state index >= 15 is 0 Å². The van der Waals surface area contributed by atoms with Gasteiger partial charge in [0.2, 0.25) is 0 Å². The molecular formula is C30H42Br3N4O4+. The fraction of sp³-hybridized carbons (Fsp3) is 0.500. The van der Waals surface area contributed by atoms with E-state index < -0.39 is 11.2 Å². The zero-order chi connectivity index (χ0) is 30.6. The summed E-state index contributed by atoms with van der Waals surface area (Å²) < 4.78 is 15.5. The standard InChI is InChI=1S/C15H21BrN2O2.C9H17N2O2.C6H4Br2/c1-15(2,3)20-14(19)18-9-7-17(8-10-18)13-6-4-5-12(16)11-13;1-9(2,3)13-8(12)11-6-4-10-5-7-11;7-5-2-1-3-6(8)4-5/h4-6,11H,7-10H2,1-3H3;6,10H,4-5,7H2,1-3H3;1-4H/q;+1;. The van der Waals surface area contributed by atoms with Gasteiger partial charge in [-0.3, -0.25) is 0 Å². The Bertz CT molecular complexity index is 1150. The van der Waals surface area contributed by atoms with Crippen molar-refractivity contribution < 1.29 is 23.6 Å². The molecule has 1 fully saturated rings. The second-order valence-electron chi connectivity index (χ2n) is 11.4. The number of benzene rings is 2. The zero-order valence-electron chi connectivity index (χ0n) is 24.8. The SMILES string of the molecule is Brc1cccc(Br)c1.CC(C)(C)OC(=O)N1CCN(c2cccc(Br)c2)CC1.CC(C)(C)OC(=O)[N+]1=CCNCC1. The highest BCUT2D eigenvalue weighted by atomic mass is 79.9. The smallest absolute Gasteiger partial charge is 0.444 e. The van der Waals surface area contributed by atoms with Crippen LogP contribution in [0.15, 0.2) is 61.9 Å². The Morgan fingerprint density at radius 3 is 1.78 bits per heavy atom. The second-order valence-corrected chi connectivity index (χ2v) is 14.2. The van der Waals surface area contributed by atoms with Gasteiger partial charge in [-0.15, -0.1) is 4.58 Å². The van der Waals surface area contributed by atoms with Crippen LogP contribution in [0.2, 0.25) is 0 Å². The molecule has 226 valence electrons. The molecule has 0 bridgehead atoms. The number of hydrogen-bond donors (Lipinski definition) is 1. The number of ether oxygens (including phenoxy) is 2. The number of nitrogens with one attached hydrogen (secondary N) is 1. The van der Waals surface area contributed by atoms with Gasteiger partial charge in [0, 0.05) is 45.3 Å². The maximum atomic E-state index is 12.0. The normalized spacial score (nSPS) is 15.4. The number of carbonyl (C=O) groups excluding carboxylic acids is 2. The number of anilines is 1. The number of piperazine rings is 1. The molecule has 2 amide bonds. The zero-order valence-corrected chi connectivity index (χ0v) is 29.5. The van der Waals surface area contributed by atoms with Gasteiger partial charge < -0.3 is 24.6 Å². The number of carbonyl (C=O) groups is 2. The largest absolute Gasteiger partial charge is 0.596 e. The molecule has 0 aliphatic carbocycles. The van der Waals surface area contributed by atoms with Gasteiger partial charge in [0.25, 0.3) is 0 Å². The molecule has 0 atom stereocenters. The average Bonchev–Trinajstić information content (AvgIpc) is 2.88. The van der Waals surface area contributed by atoms with Gasteiger partial charge >= 0.3 is 12.2 Å². The van der Waals surface area contributed by atoms with E-state index in [1.165, 1.54) is 5.69 Å². The molecule has 8 nitrogen and oxygen atoms in total. The molecular weight excluding hydrogens is 720 g/mol. The number of amides is 2. The molecule has 2 heterocycles. The second kappa shape index (κ2) is 16.6. The van der Waals surface area contributed by atoms with Crippen LogP contribution < -0.4 is 10.2 Å². The highest BCUT2D eigenvalue weighted by Crippen LogP contribution is 2.22. The van der Waals surface area contributed by atoms with Crippen molar-refractivity contribution >= 4 is 71.9 Å². The molecule has 4 rings (SSSR count). The van der Waals surface area contributed by atoms with Crippen LogP contribution in [0.25, 0.3) is 0 Å². The fourth-order valence-corrected chi connectivity index (χ4v) is 5.15.